The Balaban J connectivity index is 2.25. The first-order valence-corrected chi connectivity index (χ1v) is 18.8. The van der Waals surface area contributed by atoms with Crippen LogP contribution < -0.4 is 22.5 Å². The largest absolute Gasteiger partial charge is 0.479 e. The fourth-order valence-electron chi connectivity index (χ4n) is 5.52. The van der Waals surface area contributed by atoms with Gasteiger partial charge in [-0.15, -0.1) is 0 Å². The molecule has 2 saturated heterocycles. The number of hydrogen-bond acceptors (Lipinski definition) is 16. The molecule has 0 spiro atoms. The molecule has 22 heteroatoms. The molecule has 0 aromatic rings. The number of phosphoric acid groups is 1. The standard InChI is InChI=1S/C33H55N4O17P/c1-16(2)8-6-9-17(3)10-7-11-18(4)12-13-48-21(30(43)44)15-49-55(46,47)54-32-28(26(53-33(36)45)25(41)27(51-32)29(35)42)52-31-23(37-19(5)39)22(34)24(40)20(14-38)50-31/h8,10,12,20-28,31-32,38,40-41H,6-7,9,11,13-15,34H2,1-5H3,(H2,35,42)(H2,36,45)(H,37,39)(H,43,44)(H,46,47)/b17-10+,18-12-/t20?,21?,22-,23?,24-,25?,26+,27?,28+,31+,32?/m1/s1. The molecular weight excluding hydrogens is 755 g/mol. The van der Waals surface area contributed by atoms with Crippen LogP contribution in [0.25, 0.3) is 0 Å². The second kappa shape index (κ2) is 22.4. The fourth-order valence-corrected chi connectivity index (χ4v) is 6.33. The van der Waals surface area contributed by atoms with Gasteiger partial charge in [-0.05, 0) is 53.4 Å². The Morgan fingerprint density at radius 2 is 1.53 bits per heavy atom. The summed E-state index contributed by atoms with van der Waals surface area (Å²) in [5, 5.41) is 43.2. The third-order valence-corrected chi connectivity index (χ3v) is 9.39. The Bertz CT molecular complexity index is 1460. The number of ether oxygens (including phenoxy) is 5. The quantitative estimate of drug-likeness (QED) is 0.0513. The molecule has 2 heterocycles. The highest BCUT2D eigenvalue weighted by molar-refractivity contribution is 7.47. The van der Waals surface area contributed by atoms with E-state index in [1.165, 1.54) is 11.1 Å². The second-order valence-corrected chi connectivity index (χ2v) is 14.7. The number of hydrogen-bond donors (Lipinski definition) is 9. The predicted molar refractivity (Wildman–Crippen MR) is 190 cm³/mol. The molecule has 0 bridgehead atoms. The van der Waals surface area contributed by atoms with Crippen molar-refractivity contribution in [3.8, 4) is 0 Å². The molecular formula is C33H55N4O17P. The van der Waals surface area contributed by atoms with E-state index in [0.29, 0.717) is 6.42 Å². The Kier molecular flexibility index (Phi) is 19.5. The Labute approximate surface area is 318 Å². The lowest BCUT2D eigenvalue weighted by Crippen LogP contribution is -2.70. The first-order valence-electron chi connectivity index (χ1n) is 17.3. The maximum atomic E-state index is 13.2. The molecule has 0 aromatic heterocycles. The van der Waals surface area contributed by atoms with Crippen LogP contribution in [0.1, 0.15) is 60.3 Å². The zero-order valence-corrected chi connectivity index (χ0v) is 32.2. The van der Waals surface area contributed by atoms with Crippen molar-refractivity contribution in [2.45, 2.75) is 128 Å². The topological polar surface area (TPSA) is 341 Å². The van der Waals surface area contributed by atoms with Gasteiger partial charge < -0.3 is 71.5 Å². The van der Waals surface area contributed by atoms with E-state index in [4.69, 9.17) is 49.9 Å². The number of aliphatic carboxylic acids is 1. The minimum absolute atomic E-state index is 0.194. The molecule has 0 radical (unpaired) electrons. The molecule has 3 amide bonds. The number of carbonyl (C=O) groups is 4. The van der Waals surface area contributed by atoms with Gasteiger partial charge in [0.15, 0.2) is 37.0 Å². The summed E-state index contributed by atoms with van der Waals surface area (Å²) in [5.74, 6) is -3.62. The molecule has 12 atom stereocenters. The minimum Gasteiger partial charge on any atom is -0.479 e. The summed E-state index contributed by atoms with van der Waals surface area (Å²) in [6.07, 6.45) is -9.56. The number of aliphatic hydroxyl groups is 3. The van der Waals surface area contributed by atoms with Crippen molar-refractivity contribution in [2.75, 3.05) is 19.8 Å². The normalized spacial score (nSPS) is 30.4. The summed E-state index contributed by atoms with van der Waals surface area (Å²) in [4.78, 5) is 58.6. The number of carboxylic acids is 1. The van der Waals surface area contributed by atoms with Crippen molar-refractivity contribution in [1.82, 2.24) is 5.32 Å². The van der Waals surface area contributed by atoms with Gasteiger partial charge in [-0.2, -0.15) is 0 Å². The number of phosphoric ester groups is 1. The summed E-state index contributed by atoms with van der Waals surface area (Å²) < 4.78 is 50.3. The van der Waals surface area contributed by atoms with Crippen molar-refractivity contribution < 1.29 is 81.8 Å². The van der Waals surface area contributed by atoms with Crippen LogP contribution in [0.3, 0.4) is 0 Å². The Morgan fingerprint density at radius 1 is 0.909 bits per heavy atom. The van der Waals surface area contributed by atoms with E-state index in [2.05, 4.69) is 17.5 Å². The van der Waals surface area contributed by atoms with Gasteiger partial charge in [0.05, 0.1) is 38.0 Å². The third kappa shape index (κ3) is 15.6. The molecule has 21 nitrogen and oxygen atoms in total. The van der Waals surface area contributed by atoms with Crippen LogP contribution in [0.2, 0.25) is 0 Å². The smallest absolute Gasteiger partial charge is 0.474 e. The second-order valence-electron chi connectivity index (χ2n) is 13.3. The minimum atomic E-state index is -5.44. The molecule has 2 aliphatic heterocycles. The molecule has 0 aromatic carbocycles. The molecule has 7 unspecified atom stereocenters. The number of carboxylic acid groups (broad SMARTS) is 1. The van der Waals surface area contributed by atoms with Crippen molar-refractivity contribution >= 4 is 31.7 Å². The van der Waals surface area contributed by atoms with Gasteiger partial charge in [0.1, 0.15) is 12.2 Å². The molecule has 2 fully saturated rings. The monoisotopic (exact) mass is 810 g/mol. The average Bonchev–Trinajstić information content (AvgIpc) is 3.07. The van der Waals surface area contributed by atoms with E-state index >= 15 is 0 Å². The van der Waals surface area contributed by atoms with Crippen LogP contribution in [0.5, 0.6) is 0 Å². The maximum absolute atomic E-state index is 13.2. The number of aliphatic hydroxyl groups excluding tert-OH is 3. The Morgan fingerprint density at radius 3 is 2.07 bits per heavy atom. The van der Waals surface area contributed by atoms with Crippen molar-refractivity contribution in [1.29, 1.82) is 0 Å². The molecule has 0 saturated carbocycles. The highest BCUT2D eigenvalue weighted by atomic mass is 31.2. The van der Waals surface area contributed by atoms with E-state index in [1.807, 2.05) is 27.7 Å². The molecule has 2 rings (SSSR count). The fraction of sp³-hybridized carbons (Fsp3) is 0.697. The summed E-state index contributed by atoms with van der Waals surface area (Å²) in [7, 11) is -5.44. The van der Waals surface area contributed by atoms with Gasteiger partial charge in [-0.3, -0.25) is 18.6 Å². The summed E-state index contributed by atoms with van der Waals surface area (Å²) in [6.45, 7) is 7.00. The zero-order valence-electron chi connectivity index (χ0n) is 31.3. The van der Waals surface area contributed by atoms with Gasteiger partial charge >= 0.3 is 19.9 Å². The molecule has 314 valence electrons. The van der Waals surface area contributed by atoms with Gasteiger partial charge in [0.2, 0.25) is 11.8 Å². The van der Waals surface area contributed by atoms with E-state index in [9.17, 15) is 49.1 Å². The number of primary amides is 2. The van der Waals surface area contributed by atoms with Crippen LogP contribution >= 0.6 is 7.82 Å². The average molecular weight is 811 g/mol. The molecule has 55 heavy (non-hydrogen) atoms. The van der Waals surface area contributed by atoms with Crippen molar-refractivity contribution in [2.24, 2.45) is 17.2 Å². The lowest BCUT2D eigenvalue weighted by atomic mass is 9.94. The van der Waals surface area contributed by atoms with Gasteiger partial charge in [-0.25, -0.2) is 14.2 Å². The van der Waals surface area contributed by atoms with Crippen molar-refractivity contribution in [3.63, 3.8) is 0 Å². The predicted octanol–water partition coefficient (Wildman–Crippen LogP) is -0.661. The molecule has 0 aliphatic carbocycles. The number of amides is 3. The highest BCUT2D eigenvalue weighted by Gasteiger charge is 2.55. The molecule has 12 N–H and O–H groups in total. The van der Waals surface area contributed by atoms with Crippen LogP contribution in [0.4, 0.5) is 4.79 Å². The van der Waals surface area contributed by atoms with Crippen LogP contribution in [0, 0.1) is 0 Å². The third-order valence-electron chi connectivity index (χ3n) is 8.44. The van der Waals surface area contributed by atoms with Gasteiger partial charge in [0.25, 0.3) is 0 Å². The lowest BCUT2D eigenvalue weighted by molar-refractivity contribution is -0.331. The van der Waals surface area contributed by atoms with Crippen LogP contribution in [0.15, 0.2) is 34.9 Å². The lowest BCUT2D eigenvalue weighted by Gasteiger charge is -2.47. The Hall–Kier alpha value is -3.31. The summed E-state index contributed by atoms with van der Waals surface area (Å²) in [5.41, 5.74) is 20.0. The number of carbonyl (C=O) groups excluding carboxylic acids is 3. The first kappa shape index (κ1) is 47.8. The van der Waals surface area contributed by atoms with Crippen molar-refractivity contribution in [3.05, 3.63) is 34.9 Å². The molecule has 2 aliphatic rings. The van der Waals surface area contributed by atoms with Crippen LogP contribution in [-0.4, -0.2) is 136 Å². The zero-order chi connectivity index (χ0) is 41.6. The SMILES string of the molecule is CC(=O)NC1[C@H](O[C@@H]2C(OP(=O)(O)OCC(OC/C=C(/C)CC/C=C(\C)CCC=C(C)C)C(=O)O)OC(C(N)=O)C(O)[C@@H]2OC(N)=O)OC(CO)[C@@H](O)[C@@H]1N. The number of rotatable bonds is 21. The summed E-state index contributed by atoms with van der Waals surface area (Å²) in [6, 6.07) is -2.79. The van der Waals surface area contributed by atoms with E-state index in [1.54, 1.807) is 6.08 Å². The number of nitrogens with one attached hydrogen (secondary N) is 1. The van der Waals surface area contributed by atoms with E-state index in [0.717, 1.165) is 31.8 Å². The summed E-state index contributed by atoms with van der Waals surface area (Å²) >= 11 is 0. The maximum Gasteiger partial charge on any atom is 0.474 e. The van der Waals surface area contributed by atoms with E-state index < -0.39 is 112 Å². The van der Waals surface area contributed by atoms with Gasteiger partial charge in [0, 0.05) is 6.92 Å². The van der Waals surface area contributed by atoms with Crippen LogP contribution in [-0.2, 0) is 51.7 Å². The van der Waals surface area contributed by atoms with Gasteiger partial charge in [-0.1, -0.05) is 34.9 Å². The first-order chi connectivity index (χ1) is 25.7. The highest BCUT2D eigenvalue weighted by Crippen LogP contribution is 2.47. The number of allylic oxidation sites excluding steroid dienone is 5. The number of nitrogens with two attached hydrogens (primary N) is 3. The van der Waals surface area contributed by atoms with E-state index in [-0.39, 0.29) is 6.61 Å².